The maximum absolute atomic E-state index is 9.39. The highest BCUT2D eigenvalue weighted by Gasteiger charge is 2.51. The second kappa shape index (κ2) is 8.18. The number of aromatic nitrogens is 6. The normalized spacial score (nSPS) is 22.4. The van der Waals surface area contributed by atoms with Gasteiger partial charge < -0.3 is 14.5 Å². The zero-order valence-electron chi connectivity index (χ0n) is 23.0. The molecule has 10 nitrogen and oxygen atoms in total. The largest absolute Gasteiger partial charge is 0.475 e. The molecule has 1 saturated heterocycles. The van der Waals surface area contributed by atoms with Crippen molar-refractivity contribution in [1.82, 2.24) is 34.4 Å². The van der Waals surface area contributed by atoms with E-state index in [1.807, 2.05) is 35.0 Å². The van der Waals surface area contributed by atoms with Gasteiger partial charge in [-0.05, 0) is 42.4 Å². The molecule has 9 rings (SSSR count). The van der Waals surface area contributed by atoms with Gasteiger partial charge in [0.2, 0.25) is 5.88 Å². The Kier molecular flexibility index (Phi) is 4.69. The molecule has 4 aliphatic rings. The molecule has 206 valence electrons. The first-order chi connectivity index (χ1) is 20.1. The minimum Gasteiger partial charge on any atom is -0.475 e. The number of aromatic amines is 1. The number of likely N-dealkylation sites (tertiary alicyclic amines) is 1. The van der Waals surface area contributed by atoms with Crippen LogP contribution in [0.3, 0.4) is 0 Å². The Hall–Kier alpha value is -4.20. The van der Waals surface area contributed by atoms with Gasteiger partial charge >= 0.3 is 0 Å². The Morgan fingerprint density at radius 1 is 1.12 bits per heavy atom. The summed E-state index contributed by atoms with van der Waals surface area (Å²) in [6.45, 7) is 4.71. The fourth-order valence-electron chi connectivity index (χ4n) is 7.53. The summed E-state index contributed by atoms with van der Waals surface area (Å²) in [5, 5.41) is 20.7. The van der Waals surface area contributed by atoms with Gasteiger partial charge in [0, 0.05) is 66.8 Å². The number of pyridine rings is 1. The molecular formula is C31H30N8O2. The fraction of sp³-hybridized carbons (Fsp3) is 0.419. The van der Waals surface area contributed by atoms with Gasteiger partial charge in [-0.1, -0.05) is 6.07 Å². The lowest BCUT2D eigenvalue weighted by Gasteiger charge is -2.27. The fourth-order valence-corrected chi connectivity index (χ4v) is 7.53. The van der Waals surface area contributed by atoms with Gasteiger partial charge in [-0.15, -0.1) is 0 Å². The van der Waals surface area contributed by atoms with Crippen molar-refractivity contribution in [3.8, 4) is 34.3 Å². The standard InChI is InChI=1S/C31H30N8O2/c1-37-23-3-2-19(12-20(23)14-34-37)24-25-26-21(13-33-28(25)36-27(24)22-15-35-39-10-11-40-29(22)39)16-41-31(26)7-9-38(18-31)17-30(4-5-30)6-8-32/h2-3,12-15H,4-7,9-11,16-18H2,1H3,(H,33,36). The van der Waals surface area contributed by atoms with Crippen LogP contribution in [0.25, 0.3) is 44.3 Å². The number of nitrogens with zero attached hydrogens (tertiary/aromatic N) is 7. The number of nitriles is 1. The van der Waals surface area contributed by atoms with Crippen molar-refractivity contribution in [3.05, 3.63) is 47.9 Å². The number of nitrogens with one attached hydrogen (secondary N) is 1. The lowest BCUT2D eigenvalue weighted by atomic mass is 9.86. The quantitative estimate of drug-likeness (QED) is 0.346. The average molecular weight is 547 g/mol. The number of hydrogen-bond donors (Lipinski definition) is 1. The Bertz CT molecular complexity index is 1920. The summed E-state index contributed by atoms with van der Waals surface area (Å²) in [6, 6.07) is 8.97. The van der Waals surface area contributed by atoms with Crippen LogP contribution in [0.5, 0.6) is 5.88 Å². The first-order valence-corrected chi connectivity index (χ1v) is 14.4. The summed E-state index contributed by atoms with van der Waals surface area (Å²) < 4.78 is 16.6. The van der Waals surface area contributed by atoms with Gasteiger partial charge in [-0.25, -0.2) is 9.67 Å². The summed E-state index contributed by atoms with van der Waals surface area (Å²) in [7, 11) is 1.97. The molecule has 41 heavy (non-hydrogen) atoms. The van der Waals surface area contributed by atoms with E-state index in [1.54, 1.807) is 0 Å². The molecule has 3 aliphatic heterocycles. The second-order valence-corrected chi connectivity index (χ2v) is 12.3. The van der Waals surface area contributed by atoms with Crippen molar-refractivity contribution in [1.29, 1.82) is 5.26 Å². The summed E-state index contributed by atoms with van der Waals surface area (Å²) >= 11 is 0. The first kappa shape index (κ1) is 23.5. The average Bonchev–Trinajstić information content (AvgIpc) is 3.61. The molecule has 0 radical (unpaired) electrons. The highest BCUT2D eigenvalue weighted by molar-refractivity contribution is 6.06. The van der Waals surface area contributed by atoms with Crippen LogP contribution >= 0.6 is 0 Å². The van der Waals surface area contributed by atoms with Crippen molar-refractivity contribution >= 4 is 21.9 Å². The zero-order valence-corrected chi connectivity index (χ0v) is 23.0. The molecule has 0 amide bonds. The van der Waals surface area contributed by atoms with Crippen molar-refractivity contribution in [2.75, 3.05) is 26.2 Å². The molecular weight excluding hydrogens is 516 g/mol. The van der Waals surface area contributed by atoms with E-state index in [0.717, 1.165) is 101 Å². The van der Waals surface area contributed by atoms with Crippen LogP contribution in [0.15, 0.2) is 36.8 Å². The maximum Gasteiger partial charge on any atom is 0.221 e. The van der Waals surface area contributed by atoms with Gasteiger partial charge in [0.25, 0.3) is 0 Å². The van der Waals surface area contributed by atoms with E-state index in [4.69, 9.17) is 14.5 Å². The topological polar surface area (TPSA) is 110 Å². The third-order valence-electron chi connectivity index (χ3n) is 9.78. The molecule has 5 aromatic rings. The summed E-state index contributed by atoms with van der Waals surface area (Å²) in [5.74, 6) is 0.794. The molecule has 10 heteroatoms. The highest BCUT2D eigenvalue weighted by atomic mass is 16.5. The van der Waals surface area contributed by atoms with Crippen molar-refractivity contribution in [2.24, 2.45) is 12.5 Å². The predicted molar refractivity (Wildman–Crippen MR) is 152 cm³/mol. The Labute approximate surface area is 236 Å². The molecule has 0 bridgehead atoms. The third-order valence-corrected chi connectivity index (χ3v) is 9.78. The van der Waals surface area contributed by atoms with Crippen LogP contribution in [-0.4, -0.2) is 60.7 Å². The molecule has 2 fully saturated rings. The van der Waals surface area contributed by atoms with Crippen LogP contribution < -0.4 is 4.74 Å². The molecule has 1 spiro atoms. The van der Waals surface area contributed by atoms with E-state index in [9.17, 15) is 5.26 Å². The lowest BCUT2D eigenvalue weighted by Crippen LogP contribution is -2.34. The molecule has 1 saturated carbocycles. The second-order valence-electron chi connectivity index (χ2n) is 12.3. The number of hydrogen-bond acceptors (Lipinski definition) is 7. The monoisotopic (exact) mass is 546 g/mol. The van der Waals surface area contributed by atoms with Crippen LogP contribution in [-0.2, 0) is 30.5 Å². The number of benzene rings is 1. The molecule has 7 heterocycles. The Balaban J connectivity index is 1.24. The van der Waals surface area contributed by atoms with E-state index in [0.29, 0.717) is 19.6 Å². The van der Waals surface area contributed by atoms with E-state index >= 15 is 0 Å². The SMILES string of the molecule is Cn1ncc2cc(-c3c(-c4cnn5c4OCC5)[nH]c4ncc5c(c34)C3(CCN(CC4(CC#N)CC4)C3)OC5)ccc21. The Morgan fingerprint density at radius 3 is 2.93 bits per heavy atom. The summed E-state index contributed by atoms with van der Waals surface area (Å²) in [4.78, 5) is 11.1. The molecule has 1 aromatic carbocycles. The lowest BCUT2D eigenvalue weighted by molar-refractivity contribution is -0.0296. The van der Waals surface area contributed by atoms with Crippen LogP contribution in [0.2, 0.25) is 0 Å². The van der Waals surface area contributed by atoms with Crippen molar-refractivity contribution < 1.29 is 9.47 Å². The van der Waals surface area contributed by atoms with Crippen LogP contribution in [0.4, 0.5) is 0 Å². The first-order valence-electron chi connectivity index (χ1n) is 14.4. The van der Waals surface area contributed by atoms with E-state index < -0.39 is 5.60 Å². The number of aryl methyl sites for hydroxylation is 1. The summed E-state index contributed by atoms with van der Waals surface area (Å²) in [5.41, 5.74) is 8.24. The van der Waals surface area contributed by atoms with Gasteiger partial charge in [-0.2, -0.15) is 15.5 Å². The molecule has 1 unspecified atom stereocenters. The third kappa shape index (κ3) is 3.33. The molecule has 1 aliphatic carbocycles. The minimum absolute atomic E-state index is 0.170. The van der Waals surface area contributed by atoms with E-state index in [-0.39, 0.29) is 5.41 Å². The molecule has 1 N–H and O–H groups in total. The van der Waals surface area contributed by atoms with Crippen molar-refractivity contribution in [3.63, 3.8) is 0 Å². The smallest absolute Gasteiger partial charge is 0.221 e. The highest BCUT2D eigenvalue weighted by Crippen LogP contribution is 2.54. The van der Waals surface area contributed by atoms with Gasteiger partial charge in [0.05, 0.1) is 48.4 Å². The van der Waals surface area contributed by atoms with E-state index in [2.05, 4.69) is 44.3 Å². The minimum atomic E-state index is -0.399. The molecule has 4 aromatic heterocycles. The number of rotatable bonds is 5. The van der Waals surface area contributed by atoms with Crippen LogP contribution in [0.1, 0.15) is 36.8 Å². The number of ether oxygens (including phenoxy) is 2. The van der Waals surface area contributed by atoms with Crippen LogP contribution in [0, 0.1) is 16.7 Å². The number of fused-ring (bicyclic) bond motifs is 6. The zero-order chi connectivity index (χ0) is 27.3. The Morgan fingerprint density at radius 2 is 2.05 bits per heavy atom. The van der Waals surface area contributed by atoms with Gasteiger partial charge in [0.1, 0.15) is 17.9 Å². The van der Waals surface area contributed by atoms with Gasteiger partial charge in [-0.3, -0.25) is 9.58 Å². The van der Waals surface area contributed by atoms with Gasteiger partial charge in [0.15, 0.2) is 0 Å². The number of H-pyrrole nitrogens is 1. The van der Waals surface area contributed by atoms with E-state index in [1.165, 1.54) is 5.56 Å². The molecule has 1 atom stereocenters. The summed E-state index contributed by atoms with van der Waals surface area (Å²) in [6.07, 6.45) is 9.68. The van der Waals surface area contributed by atoms with Crippen molar-refractivity contribution in [2.45, 2.75) is 44.4 Å². The predicted octanol–water partition coefficient (Wildman–Crippen LogP) is 4.50. The maximum atomic E-state index is 9.39.